The van der Waals surface area contributed by atoms with Gasteiger partial charge in [0.1, 0.15) is 5.82 Å². The summed E-state index contributed by atoms with van der Waals surface area (Å²) in [6.07, 6.45) is 2.03. The Morgan fingerprint density at radius 1 is 1.26 bits per heavy atom. The maximum absolute atomic E-state index is 13.6. The molecular formula is C17H24FN3O2. The van der Waals surface area contributed by atoms with Gasteiger partial charge in [0.2, 0.25) is 5.91 Å². The summed E-state index contributed by atoms with van der Waals surface area (Å²) in [5, 5.41) is 8.43. The fraction of sp³-hybridized carbons (Fsp3) is 0.529. The van der Waals surface area contributed by atoms with Crippen LogP contribution in [0.1, 0.15) is 43.9 Å². The van der Waals surface area contributed by atoms with E-state index in [1.807, 2.05) is 19.9 Å². The van der Waals surface area contributed by atoms with Gasteiger partial charge in [-0.1, -0.05) is 26.0 Å². The zero-order valence-corrected chi connectivity index (χ0v) is 13.6. The van der Waals surface area contributed by atoms with Crippen LogP contribution >= 0.6 is 0 Å². The van der Waals surface area contributed by atoms with Crippen molar-refractivity contribution in [3.05, 3.63) is 35.1 Å². The molecule has 0 heterocycles. The van der Waals surface area contributed by atoms with Crippen molar-refractivity contribution in [2.75, 3.05) is 13.1 Å². The SMILES string of the molecule is CC(C)C(=O)NCCCNC(=O)N[C@@H]1CCc2c(F)cccc21. The van der Waals surface area contributed by atoms with E-state index in [9.17, 15) is 14.0 Å². The van der Waals surface area contributed by atoms with Gasteiger partial charge in [0.05, 0.1) is 6.04 Å². The van der Waals surface area contributed by atoms with Gasteiger partial charge in [-0.2, -0.15) is 0 Å². The highest BCUT2D eigenvalue weighted by Gasteiger charge is 2.25. The second kappa shape index (κ2) is 7.94. The first-order valence-electron chi connectivity index (χ1n) is 8.08. The molecular weight excluding hydrogens is 297 g/mol. The van der Waals surface area contributed by atoms with Crippen LogP contribution < -0.4 is 16.0 Å². The highest BCUT2D eigenvalue weighted by Crippen LogP contribution is 2.32. The van der Waals surface area contributed by atoms with Gasteiger partial charge in [-0.15, -0.1) is 0 Å². The number of urea groups is 1. The Morgan fingerprint density at radius 3 is 2.74 bits per heavy atom. The summed E-state index contributed by atoms with van der Waals surface area (Å²) in [5.41, 5.74) is 1.57. The molecule has 0 fully saturated rings. The van der Waals surface area contributed by atoms with E-state index in [2.05, 4.69) is 16.0 Å². The number of carbonyl (C=O) groups excluding carboxylic acids is 2. The maximum atomic E-state index is 13.6. The van der Waals surface area contributed by atoms with Crippen LogP contribution in [0, 0.1) is 11.7 Å². The summed E-state index contributed by atoms with van der Waals surface area (Å²) in [4.78, 5) is 23.3. The molecule has 2 rings (SSSR count). The van der Waals surface area contributed by atoms with E-state index in [0.29, 0.717) is 37.9 Å². The van der Waals surface area contributed by atoms with E-state index < -0.39 is 0 Å². The van der Waals surface area contributed by atoms with Crippen molar-refractivity contribution >= 4 is 11.9 Å². The zero-order valence-electron chi connectivity index (χ0n) is 13.6. The van der Waals surface area contributed by atoms with E-state index in [1.165, 1.54) is 6.07 Å². The number of fused-ring (bicyclic) bond motifs is 1. The van der Waals surface area contributed by atoms with Crippen molar-refractivity contribution in [2.45, 2.75) is 39.2 Å². The Hall–Kier alpha value is -2.11. The van der Waals surface area contributed by atoms with Crippen LogP contribution in [-0.2, 0) is 11.2 Å². The maximum Gasteiger partial charge on any atom is 0.315 e. The lowest BCUT2D eigenvalue weighted by Crippen LogP contribution is -2.39. The second-order valence-electron chi connectivity index (χ2n) is 6.10. The third-order valence-corrected chi connectivity index (χ3v) is 3.98. The molecule has 0 saturated carbocycles. The van der Waals surface area contributed by atoms with Crippen LogP contribution in [0.5, 0.6) is 0 Å². The van der Waals surface area contributed by atoms with E-state index >= 15 is 0 Å². The number of halogens is 1. The fourth-order valence-electron chi connectivity index (χ4n) is 2.67. The minimum absolute atomic E-state index is 0.0130. The predicted molar refractivity (Wildman–Crippen MR) is 86.5 cm³/mol. The largest absolute Gasteiger partial charge is 0.356 e. The molecule has 0 spiro atoms. The highest BCUT2D eigenvalue weighted by molar-refractivity contribution is 5.77. The quantitative estimate of drug-likeness (QED) is 0.704. The van der Waals surface area contributed by atoms with Crippen molar-refractivity contribution in [3.63, 3.8) is 0 Å². The summed E-state index contributed by atoms with van der Waals surface area (Å²) in [7, 11) is 0. The number of hydrogen-bond donors (Lipinski definition) is 3. The standard InChI is InChI=1S/C17H24FN3O2/c1-11(2)16(22)19-9-4-10-20-17(23)21-15-8-7-12-13(15)5-3-6-14(12)18/h3,5-6,11,15H,4,7-10H2,1-2H3,(H,19,22)(H2,20,21,23)/t15-/m1/s1. The number of nitrogens with one attached hydrogen (secondary N) is 3. The first kappa shape index (κ1) is 17.2. The molecule has 0 bridgehead atoms. The van der Waals surface area contributed by atoms with Crippen LogP contribution in [0.4, 0.5) is 9.18 Å². The molecule has 3 N–H and O–H groups in total. The summed E-state index contributed by atoms with van der Waals surface area (Å²) in [6.45, 7) is 4.69. The molecule has 0 saturated heterocycles. The van der Waals surface area contributed by atoms with E-state index in [1.54, 1.807) is 6.07 Å². The van der Waals surface area contributed by atoms with Gasteiger partial charge in [0.15, 0.2) is 0 Å². The molecule has 3 amide bonds. The van der Waals surface area contributed by atoms with Gasteiger partial charge in [0.25, 0.3) is 0 Å². The Bertz CT molecular complexity index is 575. The average Bonchev–Trinajstić information content (AvgIpc) is 2.91. The molecule has 1 aromatic rings. The molecule has 1 aliphatic carbocycles. The van der Waals surface area contributed by atoms with Gasteiger partial charge >= 0.3 is 6.03 Å². The Morgan fingerprint density at radius 2 is 2.00 bits per heavy atom. The second-order valence-corrected chi connectivity index (χ2v) is 6.10. The normalized spacial score (nSPS) is 16.1. The van der Waals surface area contributed by atoms with Crippen molar-refractivity contribution in [1.82, 2.24) is 16.0 Å². The first-order valence-corrected chi connectivity index (χ1v) is 8.08. The Labute approximate surface area is 136 Å². The van der Waals surface area contributed by atoms with Gasteiger partial charge in [-0.25, -0.2) is 9.18 Å². The topological polar surface area (TPSA) is 70.2 Å². The average molecular weight is 321 g/mol. The van der Waals surface area contributed by atoms with E-state index in [4.69, 9.17) is 0 Å². The molecule has 126 valence electrons. The number of benzene rings is 1. The van der Waals surface area contributed by atoms with Crippen LogP contribution in [0.15, 0.2) is 18.2 Å². The predicted octanol–water partition coefficient (Wildman–Crippen LogP) is 2.27. The molecule has 5 nitrogen and oxygen atoms in total. The summed E-state index contributed by atoms with van der Waals surface area (Å²) >= 11 is 0. The lowest BCUT2D eigenvalue weighted by molar-refractivity contribution is -0.123. The van der Waals surface area contributed by atoms with E-state index in [0.717, 1.165) is 5.56 Å². The molecule has 0 aromatic heterocycles. The highest BCUT2D eigenvalue weighted by atomic mass is 19.1. The van der Waals surface area contributed by atoms with Gasteiger partial charge in [-0.05, 0) is 36.5 Å². The van der Waals surface area contributed by atoms with Crippen molar-refractivity contribution in [1.29, 1.82) is 0 Å². The third-order valence-electron chi connectivity index (χ3n) is 3.98. The molecule has 23 heavy (non-hydrogen) atoms. The van der Waals surface area contributed by atoms with Gasteiger partial charge in [-0.3, -0.25) is 4.79 Å². The summed E-state index contributed by atoms with van der Waals surface area (Å²) in [5.74, 6) is -0.221. The molecule has 1 aliphatic rings. The van der Waals surface area contributed by atoms with Crippen LogP contribution in [0.3, 0.4) is 0 Å². The third kappa shape index (κ3) is 4.68. The van der Waals surface area contributed by atoms with Crippen molar-refractivity contribution < 1.29 is 14.0 Å². The van der Waals surface area contributed by atoms with Gasteiger partial charge in [0, 0.05) is 19.0 Å². The molecule has 0 radical (unpaired) electrons. The monoisotopic (exact) mass is 321 g/mol. The lowest BCUT2D eigenvalue weighted by Gasteiger charge is -2.15. The first-order chi connectivity index (χ1) is 11.0. The van der Waals surface area contributed by atoms with Crippen LogP contribution in [0.25, 0.3) is 0 Å². The fourth-order valence-corrected chi connectivity index (χ4v) is 2.67. The molecule has 0 aliphatic heterocycles. The van der Waals surface area contributed by atoms with Crippen LogP contribution in [0.2, 0.25) is 0 Å². The molecule has 6 heteroatoms. The van der Waals surface area contributed by atoms with Gasteiger partial charge < -0.3 is 16.0 Å². The number of carbonyl (C=O) groups is 2. The molecule has 0 unspecified atom stereocenters. The minimum atomic E-state index is -0.262. The summed E-state index contributed by atoms with van der Waals surface area (Å²) in [6, 6.07) is 4.58. The number of hydrogen-bond acceptors (Lipinski definition) is 2. The molecule has 1 aromatic carbocycles. The minimum Gasteiger partial charge on any atom is -0.356 e. The molecule has 1 atom stereocenters. The zero-order chi connectivity index (χ0) is 16.8. The number of amides is 3. The Balaban J connectivity index is 1.69. The van der Waals surface area contributed by atoms with Crippen LogP contribution in [-0.4, -0.2) is 25.0 Å². The lowest BCUT2D eigenvalue weighted by atomic mass is 10.1. The summed E-state index contributed by atoms with van der Waals surface area (Å²) < 4.78 is 13.6. The van der Waals surface area contributed by atoms with Crippen molar-refractivity contribution in [2.24, 2.45) is 5.92 Å². The van der Waals surface area contributed by atoms with Crippen molar-refractivity contribution in [3.8, 4) is 0 Å². The van der Waals surface area contributed by atoms with E-state index in [-0.39, 0.29) is 29.7 Å². The Kier molecular flexibility index (Phi) is 5.96. The smallest absolute Gasteiger partial charge is 0.315 e. The number of rotatable bonds is 6.